The molecule has 8 heteroatoms. The van der Waals surface area contributed by atoms with Crippen LogP contribution in [0.1, 0.15) is 41.4 Å². The molecular formula is C27H25FN6O. The van der Waals surface area contributed by atoms with E-state index in [9.17, 15) is 4.39 Å². The molecule has 0 amide bonds. The number of fused-ring (bicyclic) bond motifs is 1. The average Bonchev–Trinajstić information content (AvgIpc) is 3.57. The Kier molecular flexibility index (Phi) is 5.48. The van der Waals surface area contributed by atoms with Crippen molar-refractivity contribution in [3.05, 3.63) is 83.3 Å². The number of hydrogen-bond donors (Lipinski definition) is 1. The number of aromatic nitrogens is 5. The smallest absolute Gasteiger partial charge is 0.181 e. The van der Waals surface area contributed by atoms with E-state index in [0.717, 1.165) is 72.1 Å². The molecule has 0 atom stereocenters. The number of H-pyrrole nitrogens is 1. The number of hydrogen-bond acceptors (Lipinski definition) is 6. The lowest BCUT2D eigenvalue weighted by atomic mass is 9.96. The number of piperidine rings is 1. The van der Waals surface area contributed by atoms with Gasteiger partial charge >= 0.3 is 0 Å². The number of nitrogens with one attached hydrogen (secondary N) is 1. The fourth-order valence-electron chi connectivity index (χ4n) is 4.93. The summed E-state index contributed by atoms with van der Waals surface area (Å²) in [5.74, 6) is 3.37. The number of allylic oxidation sites excluding steroid dienone is 1. The van der Waals surface area contributed by atoms with Gasteiger partial charge in [-0.15, -0.1) is 0 Å². The summed E-state index contributed by atoms with van der Waals surface area (Å²) >= 11 is 0. The van der Waals surface area contributed by atoms with Crippen molar-refractivity contribution in [2.24, 2.45) is 0 Å². The van der Waals surface area contributed by atoms with Gasteiger partial charge in [-0.25, -0.2) is 19.3 Å². The van der Waals surface area contributed by atoms with Crippen molar-refractivity contribution in [1.29, 1.82) is 0 Å². The number of ether oxygens (including phenoxy) is 1. The monoisotopic (exact) mass is 468 g/mol. The molecule has 2 aromatic carbocycles. The van der Waals surface area contributed by atoms with Crippen molar-refractivity contribution >= 4 is 17.5 Å². The van der Waals surface area contributed by atoms with Gasteiger partial charge in [0.25, 0.3) is 0 Å². The Morgan fingerprint density at radius 2 is 1.86 bits per heavy atom. The Balaban J connectivity index is 1.17. The third kappa shape index (κ3) is 4.16. The van der Waals surface area contributed by atoms with Gasteiger partial charge < -0.3 is 9.64 Å². The van der Waals surface area contributed by atoms with E-state index < -0.39 is 0 Å². The number of rotatable bonds is 5. The van der Waals surface area contributed by atoms with E-state index in [2.05, 4.69) is 43.3 Å². The van der Waals surface area contributed by atoms with Gasteiger partial charge in [0, 0.05) is 36.6 Å². The van der Waals surface area contributed by atoms with Crippen LogP contribution in [0.2, 0.25) is 0 Å². The molecule has 4 aromatic rings. The Morgan fingerprint density at radius 1 is 1.03 bits per heavy atom. The van der Waals surface area contributed by atoms with Gasteiger partial charge in [-0.05, 0) is 66.5 Å². The van der Waals surface area contributed by atoms with Crippen molar-refractivity contribution in [3.63, 3.8) is 0 Å². The predicted octanol–water partition coefficient (Wildman–Crippen LogP) is 4.89. The molecule has 1 aliphatic heterocycles. The summed E-state index contributed by atoms with van der Waals surface area (Å²) in [6, 6.07) is 14.4. The van der Waals surface area contributed by atoms with Crippen LogP contribution >= 0.6 is 0 Å². The van der Waals surface area contributed by atoms with Crippen molar-refractivity contribution in [2.45, 2.75) is 25.2 Å². The molecule has 2 aromatic heterocycles. The molecule has 0 unspecified atom stereocenters. The minimum atomic E-state index is -0.265. The van der Waals surface area contributed by atoms with Crippen LogP contribution in [0.4, 0.5) is 10.2 Å². The second-order valence-electron chi connectivity index (χ2n) is 8.95. The lowest BCUT2D eigenvalue weighted by Crippen LogP contribution is -2.34. The zero-order valence-electron chi connectivity index (χ0n) is 19.4. The van der Waals surface area contributed by atoms with Crippen molar-refractivity contribution in [3.8, 4) is 17.1 Å². The summed E-state index contributed by atoms with van der Waals surface area (Å²) in [4.78, 5) is 16.3. The summed E-state index contributed by atoms with van der Waals surface area (Å²) in [7, 11) is 1.69. The lowest BCUT2D eigenvalue weighted by Gasteiger charge is -2.32. The first-order valence-electron chi connectivity index (χ1n) is 11.8. The topological polar surface area (TPSA) is 79.8 Å². The van der Waals surface area contributed by atoms with Crippen LogP contribution in [0.15, 0.2) is 54.9 Å². The molecular weight excluding hydrogens is 443 g/mol. The minimum absolute atomic E-state index is 0.265. The second kappa shape index (κ2) is 8.94. The van der Waals surface area contributed by atoms with E-state index in [1.54, 1.807) is 25.6 Å². The molecule has 0 spiro atoms. The molecule has 6 rings (SSSR count). The highest BCUT2D eigenvalue weighted by atomic mass is 19.1. The molecule has 0 bridgehead atoms. The van der Waals surface area contributed by atoms with E-state index in [-0.39, 0.29) is 5.82 Å². The van der Waals surface area contributed by atoms with Gasteiger partial charge in [0.15, 0.2) is 5.82 Å². The number of halogens is 1. The molecule has 2 aliphatic rings. The Morgan fingerprint density at radius 3 is 2.66 bits per heavy atom. The zero-order chi connectivity index (χ0) is 23.8. The standard InChI is InChI=1S/C27H25FN6O/c1-35-22-4-2-3-19(13-22)20-14-23-24(15-20)29-16-30-27(23)34-11-9-18(10-12-34)26-31-25(32-33-26)17-5-7-21(28)8-6-17/h2-8,13-14,16,18H,9-12,15H2,1H3,(H,31,32,33). The molecule has 0 radical (unpaired) electrons. The number of benzene rings is 2. The number of anilines is 1. The first-order chi connectivity index (χ1) is 17.2. The fourth-order valence-corrected chi connectivity index (χ4v) is 4.93. The van der Waals surface area contributed by atoms with Gasteiger partial charge in [-0.3, -0.25) is 5.10 Å². The Labute approximate surface area is 202 Å². The SMILES string of the molecule is COc1cccc(C2=Cc3c(ncnc3N3CCC(c4nc(-c5ccc(F)cc5)n[nH]4)CC3)C2)c1. The minimum Gasteiger partial charge on any atom is -0.497 e. The van der Waals surface area contributed by atoms with E-state index in [1.165, 1.54) is 17.7 Å². The maximum Gasteiger partial charge on any atom is 0.181 e. The normalized spacial score (nSPS) is 15.7. The maximum atomic E-state index is 13.2. The molecule has 7 nitrogen and oxygen atoms in total. The van der Waals surface area contributed by atoms with Crippen molar-refractivity contribution < 1.29 is 9.13 Å². The number of methoxy groups -OCH3 is 1. The molecule has 1 fully saturated rings. The Bertz CT molecular complexity index is 1390. The van der Waals surface area contributed by atoms with E-state index in [1.807, 2.05) is 12.1 Å². The van der Waals surface area contributed by atoms with Crippen molar-refractivity contribution in [2.75, 3.05) is 25.1 Å². The third-order valence-electron chi connectivity index (χ3n) is 6.85. The van der Waals surface area contributed by atoms with Gasteiger partial charge in [-0.2, -0.15) is 5.10 Å². The highest BCUT2D eigenvalue weighted by Gasteiger charge is 2.28. The summed E-state index contributed by atoms with van der Waals surface area (Å²) in [5, 5.41) is 7.46. The van der Waals surface area contributed by atoms with E-state index in [4.69, 9.17) is 9.72 Å². The summed E-state index contributed by atoms with van der Waals surface area (Å²) in [5.41, 5.74) is 5.36. The van der Waals surface area contributed by atoms with Gasteiger partial charge in [0.05, 0.1) is 12.8 Å². The van der Waals surface area contributed by atoms with Crippen molar-refractivity contribution in [1.82, 2.24) is 25.1 Å². The van der Waals surface area contributed by atoms with Crippen LogP contribution < -0.4 is 9.64 Å². The zero-order valence-corrected chi connectivity index (χ0v) is 19.4. The van der Waals surface area contributed by atoms with Crippen LogP contribution in [0.3, 0.4) is 0 Å². The van der Waals surface area contributed by atoms with Crippen LogP contribution in [0, 0.1) is 5.82 Å². The predicted molar refractivity (Wildman–Crippen MR) is 133 cm³/mol. The fraction of sp³-hybridized carbons (Fsp3) is 0.259. The van der Waals surface area contributed by atoms with Gasteiger partial charge in [0.1, 0.15) is 29.5 Å². The molecule has 1 saturated heterocycles. The van der Waals surface area contributed by atoms with Gasteiger partial charge in [0.2, 0.25) is 0 Å². The molecule has 3 heterocycles. The molecule has 0 saturated carbocycles. The lowest BCUT2D eigenvalue weighted by molar-refractivity contribution is 0.414. The largest absolute Gasteiger partial charge is 0.497 e. The molecule has 1 aliphatic carbocycles. The Hall–Kier alpha value is -4.07. The summed E-state index contributed by atoms with van der Waals surface area (Å²) in [6.45, 7) is 1.76. The maximum absolute atomic E-state index is 13.2. The second-order valence-corrected chi connectivity index (χ2v) is 8.95. The van der Waals surface area contributed by atoms with Crippen LogP contribution in [-0.2, 0) is 6.42 Å². The van der Waals surface area contributed by atoms with Gasteiger partial charge in [-0.1, -0.05) is 12.1 Å². The van der Waals surface area contributed by atoms with E-state index >= 15 is 0 Å². The average molecular weight is 469 g/mol. The van der Waals surface area contributed by atoms with Crippen LogP contribution in [-0.4, -0.2) is 45.3 Å². The number of aromatic amines is 1. The summed E-state index contributed by atoms with van der Waals surface area (Å²) < 4.78 is 18.6. The first kappa shape index (κ1) is 21.5. The quantitative estimate of drug-likeness (QED) is 0.449. The van der Waals surface area contributed by atoms with Crippen LogP contribution in [0.25, 0.3) is 23.0 Å². The highest BCUT2D eigenvalue weighted by Crippen LogP contribution is 2.37. The number of nitrogens with zero attached hydrogens (tertiary/aromatic N) is 5. The summed E-state index contributed by atoms with van der Waals surface area (Å²) in [6.07, 6.45) is 6.58. The van der Waals surface area contributed by atoms with E-state index in [0.29, 0.717) is 11.7 Å². The third-order valence-corrected chi connectivity index (χ3v) is 6.85. The molecule has 35 heavy (non-hydrogen) atoms. The first-order valence-corrected chi connectivity index (χ1v) is 11.8. The van der Waals surface area contributed by atoms with Crippen LogP contribution in [0.5, 0.6) is 5.75 Å². The molecule has 176 valence electrons. The molecule has 1 N–H and O–H groups in total. The highest BCUT2D eigenvalue weighted by molar-refractivity contribution is 5.91.